The lowest BCUT2D eigenvalue weighted by Crippen LogP contribution is -2.16. The largest absolute Gasteiger partial charge is 0.320 e. The zero-order chi connectivity index (χ0) is 19.7. The predicted molar refractivity (Wildman–Crippen MR) is 102 cm³/mol. The van der Waals surface area contributed by atoms with Gasteiger partial charge >= 0.3 is 0 Å². The molecule has 0 fully saturated rings. The maximum Gasteiger partial charge on any atom is 0.261 e. The Labute approximate surface area is 163 Å². The number of anilines is 1. The van der Waals surface area contributed by atoms with Gasteiger partial charge in [0.15, 0.2) is 5.82 Å². The van der Waals surface area contributed by atoms with Gasteiger partial charge in [0.25, 0.3) is 5.91 Å². The van der Waals surface area contributed by atoms with Gasteiger partial charge in [0.05, 0.1) is 16.9 Å². The second-order valence-electron chi connectivity index (χ2n) is 5.91. The lowest BCUT2D eigenvalue weighted by Gasteiger charge is -2.12. The van der Waals surface area contributed by atoms with E-state index in [0.717, 1.165) is 6.07 Å². The van der Waals surface area contributed by atoms with E-state index in [1.165, 1.54) is 29.1 Å². The Bertz CT molecular complexity index is 1150. The van der Waals surface area contributed by atoms with E-state index in [4.69, 9.17) is 11.6 Å². The van der Waals surface area contributed by atoms with Gasteiger partial charge < -0.3 is 9.88 Å². The number of hydrogen-bond acceptors (Lipinski definition) is 2. The fourth-order valence-electron chi connectivity index (χ4n) is 2.81. The summed E-state index contributed by atoms with van der Waals surface area (Å²) in [7, 11) is 0. The minimum absolute atomic E-state index is 0.0670. The predicted octanol–water partition coefficient (Wildman–Crippen LogP) is 4.85. The van der Waals surface area contributed by atoms with E-state index in [-0.39, 0.29) is 22.0 Å². The average molecular weight is 399 g/mol. The van der Waals surface area contributed by atoms with Gasteiger partial charge in [-0.3, -0.25) is 4.79 Å². The van der Waals surface area contributed by atoms with E-state index in [1.807, 2.05) is 0 Å². The molecule has 2 heterocycles. The molecule has 140 valence electrons. The van der Waals surface area contributed by atoms with Crippen molar-refractivity contribution in [2.45, 2.75) is 0 Å². The Kier molecular flexibility index (Phi) is 4.67. The summed E-state index contributed by atoms with van der Waals surface area (Å²) in [5, 5.41) is 6.91. The van der Waals surface area contributed by atoms with E-state index in [2.05, 4.69) is 10.4 Å². The van der Waals surface area contributed by atoms with Crippen LogP contribution in [0.15, 0.2) is 73.2 Å². The van der Waals surface area contributed by atoms with Crippen molar-refractivity contribution < 1.29 is 13.6 Å². The van der Waals surface area contributed by atoms with E-state index >= 15 is 0 Å². The minimum Gasteiger partial charge on any atom is -0.320 e. The van der Waals surface area contributed by atoms with E-state index in [1.54, 1.807) is 47.3 Å². The molecule has 5 nitrogen and oxygen atoms in total. The molecule has 0 unspecified atom stereocenters. The SMILES string of the molecule is O=C(Nc1ccc(F)cc1Cl)c1cnn(-c2ccccc2F)c1-n1cccc1. The van der Waals surface area contributed by atoms with Crippen LogP contribution in [0.5, 0.6) is 0 Å². The smallest absolute Gasteiger partial charge is 0.261 e. The number of aromatic nitrogens is 3. The van der Waals surface area contributed by atoms with Crippen molar-refractivity contribution in [2.75, 3.05) is 5.32 Å². The minimum atomic E-state index is -0.514. The van der Waals surface area contributed by atoms with Crippen molar-refractivity contribution in [1.82, 2.24) is 14.3 Å². The first kappa shape index (κ1) is 17.9. The number of carbonyl (C=O) groups is 1. The maximum atomic E-state index is 14.3. The Morgan fingerprint density at radius 3 is 2.50 bits per heavy atom. The van der Waals surface area contributed by atoms with Gasteiger partial charge in [-0.2, -0.15) is 5.10 Å². The van der Waals surface area contributed by atoms with Gasteiger partial charge in [0.2, 0.25) is 0 Å². The molecule has 0 aliphatic rings. The second kappa shape index (κ2) is 7.28. The van der Waals surface area contributed by atoms with Crippen molar-refractivity contribution >= 4 is 23.2 Å². The number of hydrogen-bond donors (Lipinski definition) is 1. The third-order valence-electron chi connectivity index (χ3n) is 4.10. The molecule has 0 radical (unpaired) electrons. The number of rotatable bonds is 4. The molecule has 4 aromatic rings. The van der Waals surface area contributed by atoms with Crippen LogP contribution < -0.4 is 5.32 Å². The van der Waals surface area contributed by atoms with Crippen molar-refractivity contribution in [2.24, 2.45) is 0 Å². The molecule has 0 bridgehead atoms. The summed E-state index contributed by atoms with van der Waals surface area (Å²) in [5.74, 6) is -1.15. The highest BCUT2D eigenvalue weighted by atomic mass is 35.5. The van der Waals surface area contributed by atoms with Crippen LogP contribution in [0.1, 0.15) is 10.4 Å². The zero-order valence-corrected chi connectivity index (χ0v) is 15.1. The summed E-state index contributed by atoms with van der Waals surface area (Å²) < 4.78 is 30.6. The first-order chi connectivity index (χ1) is 13.5. The summed E-state index contributed by atoms with van der Waals surface area (Å²) in [6.45, 7) is 0. The monoisotopic (exact) mass is 398 g/mol. The molecule has 4 rings (SSSR count). The van der Waals surface area contributed by atoms with E-state index in [0.29, 0.717) is 5.82 Å². The lowest BCUT2D eigenvalue weighted by atomic mass is 10.2. The molecule has 1 N–H and O–H groups in total. The van der Waals surface area contributed by atoms with Crippen molar-refractivity contribution in [3.05, 3.63) is 95.4 Å². The van der Waals surface area contributed by atoms with Gasteiger partial charge in [0, 0.05) is 12.4 Å². The second-order valence-corrected chi connectivity index (χ2v) is 6.32. The van der Waals surface area contributed by atoms with Crippen LogP contribution in [0, 0.1) is 11.6 Å². The average Bonchev–Trinajstić information content (AvgIpc) is 3.33. The number of benzene rings is 2. The molecule has 0 saturated heterocycles. The highest BCUT2D eigenvalue weighted by Gasteiger charge is 2.22. The Morgan fingerprint density at radius 1 is 1.04 bits per heavy atom. The molecule has 2 aromatic heterocycles. The summed E-state index contributed by atoms with van der Waals surface area (Å²) in [5.41, 5.74) is 0.648. The fourth-order valence-corrected chi connectivity index (χ4v) is 3.02. The summed E-state index contributed by atoms with van der Waals surface area (Å²) in [6, 6.07) is 13.3. The molecule has 0 aliphatic heterocycles. The number of nitrogens with zero attached hydrogens (tertiary/aromatic N) is 3. The van der Waals surface area contributed by atoms with Crippen LogP contribution in [-0.2, 0) is 0 Å². The molecule has 0 aliphatic carbocycles. The first-order valence-electron chi connectivity index (χ1n) is 8.27. The van der Waals surface area contributed by atoms with Crippen molar-refractivity contribution in [3.63, 3.8) is 0 Å². The summed E-state index contributed by atoms with van der Waals surface area (Å²) >= 11 is 5.99. The quantitative estimate of drug-likeness (QED) is 0.534. The van der Waals surface area contributed by atoms with Crippen LogP contribution in [-0.4, -0.2) is 20.3 Å². The van der Waals surface area contributed by atoms with Gasteiger partial charge in [-0.15, -0.1) is 0 Å². The molecular weight excluding hydrogens is 386 g/mol. The van der Waals surface area contributed by atoms with Crippen LogP contribution in [0.25, 0.3) is 11.5 Å². The summed E-state index contributed by atoms with van der Waals surface area (Å²) in [6.07, 6.45) is 4.78. The maximum absolute atomic E-state index is 14.3. The number of para-hydroxylation sites is 1. The van der Waals surface area contributed by atoms with E-state index in [9.17, 15) is 13.6 Å². The van der Waals surface area contributed by atoms with Crippen LogP contribution in [0.4, 0.5) is 14.5 Å². The van der Waals surface area contributed by atoms with Gasteiger partial charge in [-0.05, 0) is 42.5 Å². The Morgan fingerprint density at radius 2 is 1.79 bits per heavy atom. The lowest BCUT2D eigenvalue weighted by molar-refractivity contribution is 0.102. The van der Waals surface area contributed by atoms with Crippen molar-refractivity contribution in [3.8, 4) is 11.5 Å². The number of amides is 1. The van der Waals surface area contributed by atoms with Crippen molar-refractivity contribution in [1.29, 1.82) is 0 Å². The Hall–Kier alpha value is -3.45. The van der Waals surface area contributed by atoms with Gasteiger partial charge in [0.1, 0.15) is 22.9 Å². The highest BCUT2D eigenvalue weighted by Crippen LogP contribution is 2.26. The third kappa shape index (κ3) is 3.27. The van der Waals surface area contributed by atoms with Crippen LogP contribution in [0.3, 0.4) is 0 Å². The molecule has 0 saturated carbocycles. The molecule has 8 heteroatoms. The Balaban J connectivity index is 1.79. The number of nitrogens with one attached hydrogen (secondary N) is 1. The standard InChI is InChI=1S/C20H13ClF2N4O/c21-15-11-13(22)7-8-17(15)25-19(28)14-12-24-27(18-6-2-1-5-16(18)23)20(14)26-9-3-4-10-26/h1-12H,(H,25,28). The van der Waals surface area contributed by atoms with Gasteiger partial charge in [-0.25, -0.2) is 13.5 Å². The zero-order valence-electron chi connectivity index (χ0n) is 14.3. The first-order valence-corrected chi connectivity index (χ1v) is 8.65. The summed E-state index contributed by atoms with van der Waals surface area (Å²) in [4.78, 5) is 12.9. The van der Waals surface area contributed by atoms with Crippen LogP contribution in [0.2, 0.25) is 5.02 Å². The topological polar surface area (TPSA) is 51.9 Å². The molecule has 0 spiro atoms. The molecule has 2 aromatic carbocycles. The fraction of sp³-hybridized carbons (Fsp3) is 0. The number of carbonyl (C=O) groups excluding carboxylic acids is 1. The molecular formula is C20H13ClF2N4O. The molecule has 0 atom stereocenters. The highest BCUT2D eigenvalue weighted by molar-refractivity contribution is 6.34. The normalized spacial score (nSPS) is 10.8. The van der Waals surface area contributed by atoms with Gasteiger partial charge in [-0.1, -0.05) is 23.7 Å². The number of halogens is 3. The van der Waals surface area contributed by atoms with E-state index < -0.39 is 17.5 Å². The van der Waals surface area contributed by atoms with Crippen LogP contribution >= 0.6 is 11.6 Å². The molecule has 28 heavy (non-hydrogen) atoms. The molecule has 1 amide bonds. The third-order valence-corrected chi connectivity index (χ3v) is 4.41.